The van der Waals surface area contributed by atoms with Crippen LogP contribution in [0.5, 0.6) is 0 Å². The van der Waals surface area contributed by atoms with Crippen LogP contribution in [0.1, 0.15) is 30.8 Å². The van der Waals surface area contributed by atoms with Crippen molar-refractivity contribution in [3.63, 3.8) is 0 Å². The van der Waals surface area contributed by atoms with Gasteiger partial charge in [-0.1, -0.05) is 29.3 Å². The van der Waals surface area contributed by atoms with E-state index in [1.54, 1.807) is 6.07 Å². The monoisotopic (exact) mass is 328 g/mol. The number of hydrogen-bond acceptors (Lipinski definition) is 3. The Morgan fingerprint density at radius 2 is 2.28 bits per heavy atom. The van der Waals surface area contributed by atoms with E-state index in [4.69, 9.17) is 5.73 Å². The average molecular weight is 329 g/mol. The SMILES string of the molecule is CCCC(N)c1nc(-c2ccc(Br)cc2F)cs1. The Morgan fingerprint density at radius 3 is 2.94 bits per heavy atom. The van der Waals surface area contributed by atoms with Crippen molar-refractivity contribution in [2.75, 3.05) is 0 Å². The summed E-state index contributed by atoms with van der Waals surface area (Å²) in [5.74, 6) is -0.273. The summed E-state index contributed by atoms with van der Waals surface area (Å²) in [6.07, 6.45) is 1.92. The lowest BCUT2D eigenvalue weighted by atomic mass is 10.1. The van der Waals surface area contributed by atoms with E-state index < -0.39 is 0 Å². The molecule has 1 aromatic carbocycles. The molecule has 0 radical (unpaired) electrons. The highest BCUT2D eigenvalue weighted by Gasteiger charge is 2.13. The lowest BCUT2D eigenvalue weighted by molar-refractivity contribution is 0.627. The zero-order valence-electron chi connectivity index (χ0n) is 9.99. The predicted octanol–water partition coefficient (Wildman–Crippen LogP) is 4.51. The van der Waals surface area contributed by atoms with Crippen molar-refractivity contribution in [3.8, 4) is 11.3 Å². The number of halogens is 2. The molecule has 0 saturated carbocycles. The first-order valence-corrected chi connectivity index (χ1v) is 7.45. The molecule has 96 valence electrons. The maximum atomic E-state index is 13.8. The number of aromatic nitrogens is 1. The van der Waals surface area contributed by atoms with Crippen LogP contribution in [0.2, 0.25) is 0 Å². The molecule has 1 unspecified atom stereocenters. The van der Waals surface area contributed by atoms with Gasteiger partial charge < -0.3 is 5.73 Å². The molecule has 1 atom stereocenters. The van der Waals surface area contributed by atoms with Crippen molar-refractivity contribution in [2.45, 2.75) is 25.8 Å². The molecule has 0 saturated heterocycles. The Hall–Kier alpha value is -0.780. The first-order chi connectivity index (χ1) is 8.61. The van der Waals surface area contributed by atoms with E-state index in [2.05, 4.69) is 27.8 Å². The fourth-order valence-corrected chi connectivity index (χ4v) is 2.90. The molecule has 2 aromatic rings. The van der Waals surface area contributed by atoms with Gasteiger partial charge >= 0.3 is 0 Å². The van der Waals surface area contributed by atoms with E-state index in [-0.39, 0.29) is 11.9 Å². The van der Waals surface area contributed by atoms with Gasteiger partial charge in [-0.2, -0.15) is 0 Å². The highest BCUT2D eigenvalue weighted by molar-refractivity contribution is 9.10. The molecule has 18 heavy (non-hydrogen) atoms. The number of rotatable bonds is 4. The molecule has 0 aliphatic carbocycles. The molecule has 1 aromatic heterocycles. The van der Waals surface area contributed by atoms with Crippen molar-refractivity contribution in [1.82, 2.24) is 4.98 Å². The van der Waals surface area contributed by atoms with Gasteiger partial charge in [0.25, 0.3) is 0 Å². The zero-order chi connectivity index (χ0) is 13.1. The average Bonchev–Trinajstić information content (AvgIpc) is 2.78. The summed E-state index contributed by atoms with van der Waals surface area (Å²) in [7, 11) is 0. The van der Waals surface area contributed by atoms with E-state index in [0.717, 1.165) is 22.3 Å². The highest BCUT2D eigenvalue weighted by Crippen LogP contribution is 2.29. The predicted molar refractivity (Wildman–Crippen MR) is 77.0 cm³/mol. The lowest BCUT2D eigenvalue weighted by Gasteiger charge is -2.05. The molecular formula is C13H14BrFN2S. The standard InChI is InChI=1S/C13H14BrFN2S/c1-2-3-11(16)13-17-12(7-18-13)9-5-4-8(14)6-10(9)15/h4-7,11H,2-3,16H2,1H3. The summed E-state index contributed by atoms with van der Waals surface area (Å²) in [5.41, 5.74) is 7.18. The molecule has 0 amide bonds. The van der Waals surface area contributed by atoms with Crippen molar-refractivity contribution in [1.29, 1.82) is 0 Å². The number of nitrogens with two attached hydrogens (primary N) is 1. The van der Waals surface area contributed by atoms with Crippen LogP contribution in [-0.4, -0.2) is 4.98 Å². The lowest BCUT2D eigenvalue weighted by Crippen LogP contribution is -2.09. The molecular weight excluding hydrogens is 315 g/mol. The van der Waals surface area contributed by atoms with Crippen LogP contribution in [0.3, 0.4) is 0 Å². The highest BCUT2D eigenvalue weighted by atomic mass is 79.9. The minimum atomic E-state index is -0.273. The second-order valence-corrected chi connectivity index (χ2v) is 5.90. The Bertz CT molecular complexity index is 542. The van der Waals surface area contributed by atoms with Crippen LogP contribution in [0.15, 0.2) is 28.1 Å². The van der Waals surface area contributed by atoms with Gasteiger partial charge in [-0.3, -0.25) is 0 Å². The summed E-state index contributed by atoms with van der Waals surface area (Å²) in [6.45, 7) is 2.09. The number of nitrogens with zero attached hydrogens (tertiary/aromatic N) is 1. The first kappa shape index (κ1) is 13.6. The summed E-state index contributed by atoms with van der Waals surface area (Å²) >= 11 is 4.73. The van der Waals surface area contributed by atoms with E-state index in [1.165, 1.54) is 17.4 Å². The van der Waals surface area contributed by atoms with Gasteiger partial charge in [-0.25, -0.2) is 9.37 Å². The van der Waals surface area contributed by atoms with Crippen LogP contribution < -0.4 is 5.73 Å². The van der Waals surface area contributed by atoms with Crippen LogP contribution in [0, 0.1) is 5.82 Å². The minimum absolute atomic E-state index is 0.0488. The number of hydrogen-bond donors (Lipinski definition) is 1. The molecule has 0 aliphatic heterocycles. The van der Waals surface area contributed by atoms with Gasteiger partial charge in [0.05, 0.1) is 11.7 Å². The van der Waals surface area contributed by atoms with Crippen LogP contribution in [0.25, 0.3) is 11.3 Å². The van der Waals surface area contributed by atoms with Crippen molar-refractivity contribution in [3.05, 3.63) is 38.9 Å². The third-order valence-corrected chi connectivity index (χ3v) is 4.12. The van der Waals surface area contributed by atoms with Gasteiger partial charge in [0.2, 0.25) is 0 Å². The van der Waals surface area contributed by atoms with Crippen LogP contribution in [0.4, 0.5) is 4.39 Å². The van der Waals surface area contributed by atoms with Gasteiger partial charge in [-0.15, -0.1) is 11.3 Å². The van der Waals surface area contributed by atoms with Gasteiger partial charge in [-0.05, 0) is 24.6 Å². The number of thiazole rings is 1. The maximum absolute atomic E-state index is 13.8. The van der Waals surface area contributed by atoms with Crippen molar-refractivity contribution < 1.29 is 4.39 Å². The van der Waals surface area contributed by atoms with E-state index >= 15 is 0 Å². The van der Waals surface area contributed by atoms with Gasteiger partial charge in [0, 0.05) is 15.4 Å². The molecule has 2 rings (SSSR count). The fraction of sp³-hybridized carbons (Fsp3) is 0.308. The molecule has 0 bridgehead atoms. The third kappa shape index (κ3) is 2.96. The molecule has 5 heteroatoms. The molecule has 1 heterocycles. The minimum Gasteiger partial charge on any atom is -0.322 e. The summed E-state index contributed by atoms with van der Waals surface area (Å²) < 4.78 is 14.5. The molecule has 0 fully saturated rings. The second kappa shape index (κ2) is 5.91. The molecule has 2 nitrogen and oxygen atoms in total. The van der Waals surface area contributed by atoms with Crippen molar-refractivity contribution in [2.24, 2.45) is 5.73 Å². The quantitative estimate of drug-likeness (QED) is 0.896. The second-order valence-electron chi connectivity index (χ2n) is 4.09. The molecule has 2 N–H and O–H groups in total. The van der Waals surface area contributed by atoms with Crippen LogP contribution >= 0.6 is 27.3 Å². The molecule has 0 spiro atoms. The van der Waals surface area contributed by atoms with Crippen LogP contribution in [-0.2, 0) is 0 Å². The smallest absolute Gasteiger partial charge is 0.133 e. The van der Waals surface area contributed by atoms with Gasteiger partial charge in [0.1, 0.15) is 10.8 Å². The Kier molecular flexibility index (Phi) is 4.48. The normalized spacial score (nSPS) is 12.7. The fourth-order valence-electron chi connectivity index (χ4n) is 1.71. The van der Waals surface area contributed by atoms with E-state index in [0.29, 0.717) is 11.3 Å². The van der Waals surface area contributed by atoms with Gasteiger partial charge in [0.15, 0.2) is 0 Å². The number of benzene rings is 1. The molecule has 0 aliphatic rings. The first-order valence-electron chi connectivity index (χ1n) is 5.78. The van der Waals surface area contributed by atoms with E-state index in [1.807, 2.05) is 11.4 Å². The largest absolute Gasteiger partial charge is 0.322 e. The summed E-state index contributed by atoms with van der Waals surface area (Å²) in [4.78, 5) is 4.43. The maximum Gasteiger partial charge on any atom is 0.133 e. The summed E-state index contributed by atoms with van der Waals surface area (Å²) in [5, 5.41) is 2.73. The Balaban J connectivity index is 2.29. The van der Waals surface area contributed by atoms with Crippen molar-refractivity contribution >= 4 is 27.3 Å². The Labute approximate surface area is 118 Å². The zero-order valence-corrected chi connectivity index (χ0v) is 12.4. The third-order valence-electron chi connectivity index (χ3n) is 2.65. The van der Waals surface area contributed by atoms with E-state index in [9.17, 15) is 4.39 Å². The topological polar surface area (TPSA) is 38.9 Å². The summed E-state index contributed by atoms with van der Waals surface area (Å²) in [6, 6.07) is 4.93. The Morgan fingerprint density at radius 1 is 1.50 bits per heavy atom.